The summed E-state index contributed by atoms with van der Waals surface area (Å²) in [4.78, 5) is 12.7. The molecule has 0 radical (unpaired) electrons. The molecule has 0 bridgehead atoms. The molecular formula is C14H16ClN3O2S. The first-order valence-corrected chi connectivity index (χ1v) is 7.86. The molecule has 2 amide bonds. The number of aromatic nitrogens is 1. The van der Waals surface area contributed by atoms with E-state index in [0.717, 1.165) is 17.2 Å². The number of anilines is 1. The van der Waals surface area contributed by atoms with Crippen molar-refractivity contribution in [3.63, 3.8) is 0 Å². The Labute approximate surface area is 132 Å². The smallest absolute Gasteiger partial charge is 0.320 e. The summed E-state index contributed by atoms with van der Waals surface area (Å²) in [5.74, 6) is 2.00. The van der Waals surface area contributed by atoms with Gasteiger partial charge in [0.15, 0.2) is 5.82 Å². The number of thioether (sulfide) groups is 1. The first-order chi connectivity index (χ1) is 10.1. The number of amides is 2. The highest BCUT2D eigenvalue weighted by molar-refractivity contribution is 7.99. The molecule has 21 heavy (non-hydrogen) atoms. The summed E-state index contributed by atoms with van der Waals surface area (Å²) in [6, 6.07) is 9.10. The quantitative estimate of drug-likeness (QED) is 0.623. The van der Waals surface area contributed by atoms with Crippen LogP contribution in [0.3, 0.4) is 0 Å². The van der Waals surface area contributed by atoms with Crippen LogP contribution in [-0.4, -0.2) is 23.5 Å². The number of benzene rings is 1. The van der Waals surface area contributed by atoms with Gasteiger partial charge in [-0.1, -0.05) is 16.8 Å². The lowest BCUT2D eigenvalue weighted by atomic mass is 10.4. The average molecular weight is 326 g/mol. The lowest BCUT2D eigenvalue weighted by Gasteiger charge is -2.05. The number of urea groups is 1. The monoisotopic (exact) mass is 325 g/mol. The van der Waals surface area contributed by atoms with Crippen LogP contribution in [0.4, 0.5) is 10.6 Å². The SMILES string of the molecule is Cc1cc(NC(=O)NCCCSc2ccc(Cl)cc2)no1. The maximum absolute atomic E-state index is 11.6. The topological polar surface area (TPSA) is 67.2 Å². The van der Waals surface area contributed by atoms with Crippen LogP contribution in [0.15, 0.2) is 39.8 Å². The fourth-order valence-electron chi connectivity index (χ4n) is 1.58. The van der Waals surface area contributed by atoms with Crippen LogP contribution in [0.5, 0.6) is 0 Å². The van der Waals surface area contributed by atoms with E-state index >= 15 is 0 Å². The Kier molecular flexibility index (Phi) is 5.95. The molecule has 2 rings (SSSR count). The van der Waals surface area contributed by atoms with E-state index in [4.69, 9.17) is 16.1 Å². The number of nitrogens with one attached hydrogen (secondary N) is 2. The molecule has 0 aliphatic carbocycles. The number of hydrogen-bond donors (Lipinski definition) is 2. The lowest BCUT2D eigenvalue weighted by Crippen LogP contribution is -2.29. The minimum absolute atomic E-state index is 0.278. The van der Waals surface area contributed by atoms with E-state index < -0.39 is 0 Å². The van der Waals surface area contributed by atoms with Gasteiger partial charge >= 0.3 is 6.03 Å². The van der Waals surface area contributed by atoms with Crippen molar-refractivity contribution < 1.29 is 9.32 Å². The second-order valence-electron chi connectivity index (χ2n) is 4.36. The molecule has 2 aromatic rings. The standard InChI is InChI=1S/C14H16ClN3O2S/c1-10-9-13(18-20-10)17-14(19)16-7-2-8-21-12-5-3-11(15)4-6-12/h3-6,9H,2,7-8H2,1H3,(H2,16,17,18,19). The van der Waals surface area contributed by atoms with Crippen LogP contribution in [0.2, 0.25) is 5.02 Å². The van der Waals surface area contributed by atoms with Crippen LogP contribution >= 0.6 is 23.4 Å². The van der Waals surface area contributed by atoms with E-state index in [1.165, 1.54) is 4.90 Å². The maximum atomic E-state index is 11.6. The van der Waals surface area contributed by atoms with Gasteiger partial charge in [-0.2, -0.15) is 0 Å². The van der Waals surface area contributed by atoms with E-state index in [0.29, 0.717) is 18.1 Å². The summed E-state index contributed by atoms with van der Waals surface area (Å²) in [6.07, 6.45) is 0.874. The van der Waals surface area contributed by atoms with Gasteiger partial charge in [-0.25, -0.2) is 4.79 Å². The molecule has 0 aliphatic heterocycles. The van der Waals surface area contributed by atoms with Crippen LogP contribution in [0.25, 0.3) is 0 Å². The molecule has 7 heteroatoms. The zero-order valence-corrected chi connectivity index (χ0v) is 13.1. The summed E-state index contributed by atoms with van der Waals surface area (Å²) >= 11 is 7.55. The van der Waals surface area contributed by atoms with Gasteiger partial charge in [0.1, 0.15) is 5.76 Å². The van der Waals surface area contributed by atoms with Gasteiger partial charge in [0.05, 0.1) is 0 Å². The normalized spacial score (nSPS) is 10.4. The summed E-state index contributed by atoms with van der Waals surface area (Å²) in [5, 5.41) is 9.79. The van der Waals surface area contributed by atoms with E-state index in [1.807, 2.05) is 24.3 Å². The van der Waals surface area contributed by atoms with Crippen LogP contribution < -0.4 is 10.6 Å². The van der Waals surface area contributed by atoms with Gasteiger partial charge in [0.25, 0.3) is 0 Å². The largest absolute Gasteiger partial charge is 0.360 e. The van der Waals surface area contributed by atoms with Crippen molar-refractivity contribution in [1.82, 2.24) is 10.5 Å². The fourth-order valence-corrected chi connectivity index (χ4v) is 2.56. The van der Waals surface area contributed by atoms with Crippen LogP contribution in [-0.2, 0) is 0 Å². The minimum Gasteiger partial charge on any atom is -0.360 e. The number of hydrogen-bond acceptors (Lipinski definition) is 4. The highest BCUT2D eigenvalue weighted by Gasteiger charge is 2.04. The Bertz CT molecular complexity index is 586. The van der Waals surface area contributed by atoms with Crippen molar-refractivity contribution in [3.05, 3.63) is 41.1 Å². The van der Waals surface area contributed by atoms with E-state index in [-0.39, 0.29) is 6.03 Å². The molecule has 0 atom stereocenters. The predicted octanol–water partition coefficient (Wildman–Crippen LogP) is 3.94. The Morgan fingerprint density at radius 1 is 1.38 bits per heavy atom. The van der Waals surface area contributed by atoms with Gasteiger partial charge in [-0.05, 0) is 43.4 Å². The molecule has 1 heterocycles. The predicted molar refractivity (Wildman–Crippen MR) is 85.1 cm³/mol. The molecule has 0 fully saturated rings. The molecule has 0 spiro atoms. The molecule has 5 nitrogen and oxygen atoms in total. The molecular weight excluding hydrogens is 310 g/mol. The zero-order valence-electron chi connectivity index (χ0n) is 11.6. The summed E-state index contributed by atoms with van der Waals surface area (Å²) in [5.41, 5.74) is 0. The summed E-state index contributed by atoms with van der Waals surface area (Å²) in [7, 11) is 0. The van der Waals surface area contributed by atoms with Gasteiger partial charge in [0, 0.05) is 22.5 Å². The number of rotatable bonds is 6. The van der Waals surface area contributed by atoms with Crippen molar-refractivity contribution >= 4 is 35.2 Å². The Hall–Kier alpha value is -1.66. The number of nitrogens with zero attached hydrogens (tertiary/aromatic N) is 1. The summed E-state index contributed by atoms with van der Waals surface area (Å²) in [6.45, 7) is 2.37. The number of carbonyl (C=O) groups is 1. The third kappa shape index (κ3) is 5.69. The Morgan fingerprint density at radius 2 is 2.14 bits per heavy atom. The highest BCUT2D eigenvalue weighted by Crippen LogP contribution is 2.20. The minimum atomic E-state index is -0.278. The molecule has 0 aliphatic rings. The van der Waals surface area contributed by atoms with Crippen molar-refractivity contribution in [2.45, 2.75) is 18.2 Å². The fraction of sp³-hybridized carbons (Fsp3) is 0.286. The Morgan fingerprint density at radius 3 is 2.81 bits per heavy atom. The average Bonchev–Trinajstić information content (AvgIpc) is 2.86. The van der Waals surface area contributed by atoms with Gasteiger partial charge < -0.3 is 9.84 Å². The van der Waals surface area contributed by atoms with E-state index in [9.17, 15) is 4.79 Å². The molecule has 1 aromatic carbocycles. The Balaban J connectivity index is 1.59. The van der Waals surface area contributed by atoms with Gasteiger partial charge in [-0.3, -0.25) is 5.32 Å². The van der Waals surface area contributed by atoms with Crippen LogP contribution in [0, 0.1) is 6.92 Å². The molecule has 0 saturated heterocycles. The summed E-state index contributed by atoms with van der Waals surface area (Å²) < 4.78 is 4.86. The van der Waals surface area contributed by atoms with Crippen molar-refractivity contribution in [2.75, 3.05) is 17.6 Å². The first kappa shape index (κ1) is 15.7. The number of halogens is 1. The molecule has 0 unspecified atom stereocenters. The maximum Gasteiger partial charge on any atom is 0.320 e. The molecule has 0 saturated carbocycles. The third-order valence-corrected chi connectivity index (χ3v) is 3.91. The van der Waals surface area contributed by atoms with Gasteiger partial charge in [-0.15, -0.1) is 11.8 Å². The van der Waals surface area contributed by atoms with Crippen molar-refractivity contribution in [1.29, 1.82) is 0 Å². The second kappa shape index (κ2) is 7.95. The first-order valence-electron chi connectivity index (χ1n) is 6.50. The van der Waals surface area contributed by atoms with E-state index in [1.54, 1.807) is 24.8 Å². The highest BCUT2D eigenvalue weighted by atomic mass is 35.5. The van der Waals surface area contributed by atoms with Crippen molar-refractivity contribution in [3.8, 4) is 0 Å². The molecule has 112 valence electrons. The zero-order chi connectivity index (χ0) is 15.1. The van der Waals surface area contributed by atoms with Gasteiger partial charge in [0.2, 0.25) is 0 Å². The van der Waals surface area contributed by atoms with Crippen molar-refractivity contribution in [2.24, 2.45) is 0 Å². The van der Waals surface area contributed by atoms with E-state index in [2.05, 4.69) is 15.8 Å². The third-order valence-electron chi connectivity index (χ3n) is 2.56. The number of carbonyl (C=O) groups excluding carboxylic acids is 1. The lowest BCUT2D eigenvalue weighted by molar-refractivity contribution is 0.252. The van der Waals surface area contributed by atoms with Crippen LogP contribution in [0.1, 0.15) is 12.2 Å². The number of aryl methyl sites for hydroxylation is 1. The molecule has 2 N–H and O–H groups in total. The molecule has 1 aromatic heterocycles. The second-order valence-corrected chi connectivity index (χ2v) is 5.96.